The van der Waals surface area contributed by atoms with Crippen molar-refractivity contribution in [2.24, 2.45) is 0 Å². The minimum absolute atomic E-state index is 0.0384. The van der Waals surface area contributed by atoms with E-state index in [1.54, 1.807) is 18.2 Å². The average molecular weight is 574 g/mol. The number of hydrogen-bond acceptors (Lipinski definition) is 12. The van der Waals surface area contributed by atoms with Crippen LogP contribution in [0.25, 0.3) is 23.1 Å². The fourth-order valence-corrected chi connectivity index (χ4v) is 7.38. The first-order valence-electron chi connectivity index (χ1n) is 14.8. The van der Waals surface area contributed by atoms with Crippen LogP contribution in [-0.4, -0.2) is 91.7 Å². The summed E-state index contributed by atoms with van der Waals surface area (Å²) in [7, 11) is 0. The van der Waals surface area contributed by atoms with Gasteiger partial charge in [0.1, 0.15) is 18.5 Å². The fraction of sp³-hybridized carbons (Fsp3) is 0.586. The molecule has 8 rings (SSSR count). The van der Waals surface area contributed by atoms with Crippen LogP contribution in [0, 0.1) is 11.3 Å². The zero-order chi connectivity index (χ0) is 28.5. The lowest BCUT2D eigenvalue weighted by molar-refractivity contribution is 0.107. The van der Waals surface area contributed by atoms with Crippen LogP contribution in [0.4, 0.5) is 10.3 Å². The minimum Gasteiger partial charge on any atom is -0.508 e. The number of halogens is 1. The lowest BCUT2D eigenvalue weighted by Crippen LogP contribution is -2.51. The van der Waals surface area contributed by atoms with Gasteiger partial charge in [0.05, 0.1) is 17.0 Å². The number of aromatic nitrogens is 5. The van der Waals surface area contributed by atoms with Crippen molar-refractivity contribution < 1.29 is 18.8 Å². The molecule has 42 heavy (non-hydrogen) atoms. The number of piperazine rings is 1. The van der Waals surface area contributed by atoms with Gasteiger partial charge >= 0.3 is 6.01 Å². The van der Waals surface area contributed by atoms with Crippen molar-refractivity contribution in [3.05, 3.63) is 23.8 Å². The topological polar surface area (TPSA) is 149 Å². The van der Waals surface area contributed by atoms with Gasteiger partial charge in [-0.25, -0.2) is 4.39 Å². The quantitative estimate of drug-likeness (QED) is 0.428. The molecule has 0 spiro atoms. The molecule has 4 aliphatic heterocycles. The third-order valence-electron chi connectivity index (χ3n) is 9.67. The molecule has 218 valence electrons. The van der Waals surface area contributed by atoms with E-state index in [0.29, 0.717) is 43.2 Å². The number of rotatable bonds is 7. The van der Waals surface area contributed by atoms with Crippen molar-refractivity contribution in [1.82, 2.24) is 35.3 Å². The Labute approximate surface area is 241 Å². The number of alkyl halides is 1. The highest BCUT2D eigenvalue weighted by Gasteiger charge is 2.50. The number of phenolic OH excluding ortho intramolecular Hbond substituents is 1. The number of benzene rings is 1. The second-order valence-corrected chi connectivity index (χ2v) is 12.5. The van der Waals surface area contributed by atoms with Gasteiger partial charge in [-0.15, -0.1) is 0 Å². The number of nitriles is 1. The molecule has 5 fully saturated rings. The molecule has 1 aliphatic carbocycles. The summed E-state index contributed by atoms with van der Waals surface area (Å²) >= 11 is 0. The van der Waals surface area contributed by atoms with Crippen molar-refractivity contribution in [3.63, 3.8) is 0 Å². The SMILES string of the molecule is N#CC1(c2ccc(O)cc2-c2nc(-c3nc(OC[C@@]45CCCN4C[C@H](F)C5)nc(N4C[C@H]5CC[C@@H](C4)N5)n3)no2)CC1. The third-order valence-corrected chi connectivity index (χ3v) is 9.67. The van der Waals surface area contributed by atoms with Gasteiger partial charge in [-0.1, -0.05) is 11.2 Å². The molecule has 6 heterocycles. The largest absolute Gasteiger partial charge is 0.508 e. The van der Waals surface area contributed by atoms with Crippen molar-refractivity contribution >= 4 is 5.95 Å². The molecule has 4 atom stereocenters. The lowest BCUT2D eigenvalue weighted by Gasteiger charge is -2.33. The first-order valence-corrected chi connectivity index (χ1v) is 14.8. The molecule has 1 saturated carbocycles. The zero-order valence-corrected chi connectivity index (χ0v) is 23.2. The number of nitrogens with zero attached hydrogens (tertiary/aromatic N) is 8. The molecule has 2 N–H and O–H groups in total. The number of aromatic hydroxyl groups is 1. The Morgan fingerprint density at radius 3 is 2.71 bits per heavy atom. The van der Waals surface area contributed by atoms with Crippen LogP contribution in [0.2, 0.25) is 0 Å². The predicted molar refractivity (Wildman–Crippen MR) is 147 cm³/mol. The monoisotopic (exact) mass is 573 g/mol. The number of fused-ring (bicyclic) bond motifs is 3. The van der Waals surface area contributed by atoms with E-state index >= 15 is 0 Å². The number of ether oxygens (including phenoxy) is 1. The van der Waals surface area contributed by atoms with Crippen molar-refractivity contribution in [2.75, 3.05) is 37.7 Å². The Kier molecular flexibility index (Phi) is 5.88. The molecule has 2 bridgehead atoms. The van der Waals surface area contributed by atoms with E-state index in [1.807, 2.05) is 0 Å². The molecule has 0 radical (unpaired) electrons. The summed E-state index contributed by atoms with van der Waals surface area (Å²) in [5.74, 6) is 1.04. The first-order chi connectivity index (χ1) is 20.4. The van der Waals surface area contributed by atoms with Crippen molar-refractivity contribution in [1.29, 1.82) is 5.26 Å². The number of hydrogen-bond donors (Lipinski definition) is 2. The molecule has 0 amide bonds. The highest BCUT2D eigenvalue weighted by molar-refractivity contribution is 5.67. The Bertz CT molecular complexity index is 1560. The summed E-state index contributed by atoms with van der Waals surface area (Å²) in [4.78, 5) is 23.0. The molecule has 4 saturated heterocycles. The van der Waals surface area contributed by atoms with E-state index in [0.717, 1.165) is 63.7 Å². The van der Waals surface area contributed by atoms with Crippen LogP contribution in [0.15, 0.2) is 22.7 Å². The van der Waals surface area contributed by atoms with E-state index < -0.39 is 11.6 Å². The van der Waals surface area contributed by atoms with Crippen molar-refractivity contribution in [3.8, 4) is 40.9 Å². The first kappa shape index (κ1) is 25.8. The van der Waals surface area contributed by atoms with Gasteiger partial charge < -0.3 is 24.6 Å². The van der Waals surface area contributed by atoms with E-state index in [-0.39, 0.29) is 34.8 Å². The summed E-state index contributed by atoms with van der Waals surface area (Å²) in [5.41, 5.74) is 0.301. The Morgan fingerprint density at radius 1 is 1.10 bits per heavy atom. The van der Waals surface area contributed by atoms with Crippen LogP contribution < -0.4 is 15.0 Å². The Balaban J connectivity index is 1.14. The average Bonchev–Trinajstić information content (AvgIpc) is 3.25. The van der Waals surface area contributed by atoms with Gasteiger partial charge in [0.2, 0.25) is 17.6 Å². The molecule has 13 heteroatoms. The number of anilines is 1. The second kappa shape index (κ2) is 9.57. The summed E-state index contributed by atoms with van der Waals surface area (Å²) in [6.45, 7) is 3.14. The molecular formula is C29H32FN9O3. The molecule has 2 aromatic heterocycles. The second-order valence-electron chi connectivity index (χ2n) is 12.5. The molecule has 1 aromatic carbocycles. The number of nitrogens with one attached hydrogen (secondary N) is 1. The lowest BCUT2D eigenvalue weighted by atomic mass is 9.92. The predicted octanol–water partition coefficient (Wildman–Crippen LogP) is 2.75. The Morgan fingerprint density at radius 2 is 1.93 bits per heavy atom. The maximum absolute atomic E-state index is 14.4. The third kappa shape index (κ3) is 4.35. The van der Waals surface area contributed by atoms with Gasteiger partial charge in [-0.2, -0.15) is 25.2 Å². The van der Waals surface area contributed by atoms with E-state index in [9.17, 15) is 14.8 Å². The summed E-state index contributed by atoms with van der Waals surface area (Å²) in [6, 6.07) is 8.14. The van der Waals surface area contributed by atoms with Gasteiger partial charge in [-0.3, -0.25) is 4.90 Å². The highest BCUT2D eigenvalue weighted by atomic mass is 19.1. The summed E-state index contributed by atoms with van der Waals surface area (Å²) in [6.07, 6.45) is 5.16. The van der Waals surface area contributed by atoms with Gasteiger partial charge in [0, 0.05) is 43.7 Å². The highest BCUT2D eigenvalue weighted by Crippen LogP contribution is 2.51. The Hall–Kier alpha value is -3.89. The molecule has 3 aromatic rings. The smallest absolute Gasteiger partial charge is 0.321 e. The van der Waals surface area contributed by atoms with Gasteiger partial charge in [0.25, 0.3) is 5.89 Å². The molecule has 0 unspecified atom stereocenters. The zero-order valence-electron chi connectivity index (χ0n) is 23.2. The fourth-order valence-electron chi connectivity index (χ4n) is 7.38. The van der Waals surface area contributed by atoms with Crippen molar-refractivity contribution in [2.45, 2.75) is 74.2 Å². The van der Waals surface area contributed by atoms with E-state index in [4.69, 9.17) is 19.2 Å². The van der Waals surface area contributed by atoms with E-state index in [1.165, 1.54) is 0 Å². The van der Waals surface area contributed by atoms with Crippen LogP contribution >= 0.6 is 0 Å². The van der Waals surface area contributed by atoms with Crippen LogP contribution in [0.3, 0.4) is 0 Å². The molecule has 5 aliphatic rings. The van der Waals surface area contributed by atoms with E-state index in [2.05, 4.69) is 36.3 Å². The van der Waals surface area contributed by atoms with Crippen LogP contribution in [-0.2, 0) is 5.41 Å². The summed E-state index contributed by atoms with van der Waals surface area (Å²) < 4.78 is 26.3. The van der Waals surface area contributed by atoms with Gasteiger partial charge in [0.15, 0.2) is 0 Å². The normalized spacial score (nSPS) is 29.4. The minimum atomic E-state index is -0.856. The summed E-state index contributed by atoms with van der Waals surface area (Å²) in [5, 5.41) is 27.8. The standard InChI is InChI=1S/C29H32FN9O3/c30-17-11-29(6-1-9-39(29)12-17)16-41-27-35-23(34-26(36-27)38-13-18-2-3-19(14-38)32-18)24-33-25(42-37-24)21-10-20(40)4-5-22(21)28(15-31)7-8-28/h4-5,10,17-19,32,40H,1-3,6-9,11-14,16H2/t17-,18-,19+,29+/m1/s1. The number of phenols is 1. The molecule has 12 nitrogen and oxygen atoms in total. The van der Waals surface area contributed by atoms with Crippen LogP contribution in [0.1, 0.15) is 50.5 Å². The maximum Gasteiger partial charge on any atom is 0.321 e. The van der Waals surface area contributed by atoms with Crippen LogP contribution in [0.5, 0.6) is 11.8 Å². The molecular weight excluding hydrogens is 541 g/mol. The van der Waals surface area contributed by atoms with Gasteiger partial charge in [-0.05, 0) is 62.8 Å². The maximum atomic E-state index is 14.4.